The molecule has 0 unspecified atom stereocenters. The number of halogens is 1. The van der Waals surface area contributed by atoms with Gasteiger partial charge in [-0.3, -0.25) is 0 Å². The summed E-state index contributed by atoms with van der Waals surface area (Å²) in [4.78, 5) is 11.0. The summed E-state index contributed by atoms with van der Waals surface area (Å²) in [7, 11) is 0. The number of rotatable bonds is 1. The van der Waals surface area contributed by atoms with Crippen molar-refractivity contribution in [3.63, 3.8) is 0 Å². The summed E-state index contributed by atoms with van der Waals surface area (Å²) < 4.78 is 14.0. The van der Waals surface area contributed by atoms with E-state index < -0.39 is 6.03 Å². The highest BCUT2D eigenvalue weighted by Gasteiger charge is 2.30. The Bertz CT molecular complexity index is 497. The predicted molar refractivity (Wildman–Crippen MR) is 59.0 cm³/mol. The number of nitrogens with two attached hydrogens (primary N) is 1. The molecule has 1 aromatic rings. The molecule has 0 atom stereocenters. The molecule has 3 nitrogen and oxygen atoms in total. The maximum atomic E-state index is 14.0. The van der Waals surface area contributed by atoms with E-state index >= 15 is 0 Å². The molecule has 1 aromatic carbocycles. The first-order chi connectivity index (χ1) is 7.68. The number of anilines is 1. The highest BCUT2D eigenvalue weighted by atomic mass is 19.1. The number of benzene rings is 1. The third-order valence-electron chi connectivity index (χ3n) is 3.59. The molecule has 0 bridgehead atoms. The molecule has 0 aromatic heterocycles. The number of nitrogens with one attached hydrogen (secondary N) is 1. The standard InChI is InChI=1S/C12H13FN2O/c13-10-6-2-1-3-8(6)11(15-12(14)16)9-5-4-7(9)10/h1-5H2,(H3,14,15,16). The average molecular weight is 220 g/mol. The number of carbonyl (C=O) groups excluding carboxylic acids is 1. The molecule has 4 heteroatoms. The Morgan fingerprint density at radius 3 is 2.25 bits per heavy atom. The van der Waals surface area contributed by atoms with Gasteiger partial charge in [0.15, 0.2) is 0 Å². The summed E-state index contributed by atoms with van der Waals surface area (Å²) >= 11 is 0. The molecule has 0 fully saturated rings. The van der Waals surface area contributed by atoms with E-state index in [0.29, 0.717) is 0 Å². The van der Waals surface area contributed by atoms with Gasteiger partial charge in [0.25, 0.3) is 0 Å². The first kappa shape index (κ1) is 9.63. The number of carbonyl (C=O) groups is 1. The van der Waals surface area contributed by atoms with Gasteiger partial charge >= 0.3 is 6.03 Å². The zero-order valence-corrected chi connectivity index (χ0v) is 8.90. The minimum absolute atomic E-state index is 0.0382. The van der Waals surface area contributed by atoms with E-state index in [1.807, 2.05) is 0 Å². The highest BCUT2D eigenvalue weighted by molar-refractivity contribution is 5.91. The van der Waals surface area contributed by atoms with Crippen LogP contribution in [0.15, 0.2) is 0 Å². The number of amides is 2. The summed E-state index contributed by atoms with van der Waals surface area (Å²) in [6.45, 7) is 0. The monoisotopic (exact) mass is 220 g/mol. The first-order valence-electron chi connectivity index (χ1n) is 5.60. The molecule has 3 N–H and O–H groups in total. The lowest BCUT2D eigenvalue weighted by Gasteiger charge is -2.26. The van der Waals surface area contributed by atoms with Gasteiger partial charge in [-0.15, -0.1) is 0 Å². The van der Waals surface area contributed by atoms with Crippen molar-refractivity contribution in [2.24, 2.45) is 5.73 Å². The van der Waals surface area contributed by atoms with Crippen molar-refractivity contribution < 1.29 is 9.18 Å². The van der Waals surface area contributed by atoms with Gasteiger partial charge < -0.3 is 11.1 Å². The van der Waals surface area contributed by atoms with E-state index in [4.69, 9.17) is 5.73 Å². The van der Waals surface area contributed by atoms with Crippen molar-refractivity contribution in [1.82, 2.24) is 0 Å². The normalized spacial score (nSPS) is 16.3. The van der Waals surface area contributed by atoms with Crippen LogP contribution < -0.4 is 11.1 Å². The van der Waals surface area contributed by atoms with Crippen LogP contribution in [0.4, 0.5) is 14.9 Å². The smallest absolute Gasteiger partial charge is 0.316 e. The van der Waals surface area contributed by atoms with Crippen LogP contribution in [0.2, 0.25) is 0 Å². The van der Waals surface area contributed by atoms with Crippen molar-refractivity contribution in [1.29, 1.82) is 0 Å². The van der Waals surface area contributed by atoms with Crippen LogP contribution in [0.5, 0.6) is 0 Å². The third-order valence-corrected chi connectivity index (χ3v) is 3.59. The fourth-order valence-electron chi connectivity index (χ4n) is 2.79. The topological polar surface area (TPSA) is 55.1 Å². The van der Waals surface area contributed by atoms with Crippen molar-refractivity contribution in [2.45, 2.75) is 32.1 Å². The van der Waals surface area contributed by atoms with Crippen molar-refractivity contribution in [2.75, 3.05) is 5.32 Å². The molecule has 16 heavy (non-hydrogen) atoms. The second kappa shape index (κ2) is 3.20. The molecule has 0 saturated carbocycles. The molecule has 0 spiro atoms. The Labute approximate surface area is 92.8 Å². The molecule has 0 saturated heterocycles. The quantitative estimate of drug-likeness (QED) is 0.746. The van der Waals surface area contributed by atoms with Gasteiger partial charge in [0, 0.05) is 5.69 Å². The minimum Gasteiger partial charge on any atom is -0.351 e. The Hall–Kier alpha value is -1.58. The third kappa shape index (κ3) is 1.16. The molecule has 0 aliphatic heterocycles. The molecule has 0 heterocycles. The van der Waals surface area contributed by atoms with Crippen LogP contribution in [-0.4, -0.2) is 6.03 Å². The number of fused-ring (bicyclic) bond motifs is 2. The van der Waals surface area contributed by atoms with Crippen LogP contribution in [-0.2, 0) is 25.7 Å². The summed E-state index contributed by atoms with van der Waals surface area (Å²) in [5.41, 5.74) is 9.45. The number of primary amides is 1. The van der Waals surface area contributed by atoms with Gasteiger partial charge in [0.2, 0.25) is 0 Å². The lowest BCUT2D eigenvalue weighted by Crippen LogP contribution is -2.25. The number of urea groups is 1. The Morgan fingerprint density at radius 2 is 1.62 bits per heavy atom. The second-order valence-corrected chi connectivity index (χ2v) is 4.45. The predicted octanol–water partition coefficient (Wildman–Crippen LogP) is 1.90. The number of hydrogen-bond donors (Lipinski definition) is 2. The zero-order chi connectivity index (χ0) is 11.3. The van der Waals surface area contributed by atoms with Crippen LogP contribution in [0, 0.1) is 5.82 Å². The molecule has 2 aliphatic rings. The second-order valence-electron chi connectivity index (χ2n) is 4.45. The van der Waals surface area contributed by atoms with E-state index in [1.165, 1.54) is 0 Å². The molecule has 2 amide bonds. The zero-order valence-electron chi connectivity index (χ0n) is 8.90. The van der Waals surface area contributed by atoms with Gasteiger partial charge in [-0.1, -0.05) is 0 Å². The molecular formula is C12H13FN2O. The van der Waals surface area contributed by atoms with Crippen molar-refractivity contribution in [3.8, 4) is 0 Å². The maximum Gasteiger partial charge on any atom is 0.316 e. The lowest BCUT2D eigenvalue weighted by atomic mass is 9.83. The van der Waals surface area contributed by atoms with Crippen molar-refractivity contribution in [3.05, 3.63) is 28.1 Å². The largest absolute Gasteiger partial charge is 0.351 e. The van der Waals surface area contributed by atoms with Crippen LogP contribution in [0.1, 0.15) is 28.7 Å². The lowest BCUT2D eigenvalue weighted by molar-refractivity contribution is 0.259. The van der Waals surface area contributed by atoms with E-state index in [0.717, 1.165) is 60.0 Å². The summed E-state index contributed by atoms with van der Waals surface area (Å²) in [5, 5.41) is 2.66. The van der Waals surface area contributed by atoms with Crippen LogP contribution in [0.3, 0.4) is 0 Å². The SMILES string of the molecule is NC(=O)Nc1c2c(c(F)c3c1CC3)CCC2. The number of hydrogen-bond acceptors (Lipinski definition) is 1. The fraction of sp³-hybridized carbons (Fsp3) is 0.417. The van der Waals surface area contributed by atoms with Gasteiger partial charge in [0.05, 0.1) is 0 Å². The summed E-state index contributed by atoms with van der Waals surface area (Å²) in [5.74, 6) is -0.0382. The van der Waals surface area contributed by atoms with Gasteiger partial charge in [-0.2, -0.15) is 0 Å². The van der Waals surface area contributed by atoms with Gasteiger partial charge in [-0.05, 0) is 54.4 Å². The van der Waals surface area contributed by atoms with Gasteiger partial charge in [-0.25, -0.2) is 9.18 Å². The van der Waals surface area contributed by atoms with E-state index in [1.54, 1.807) is 0 Å². The first-order valence-corrected chi connectivity index (χ1v) is 5.60. The molecular weight excluding hydrogens is 207 g/mol. The molecule has 84 valence electrons. The molecule has 3 rings (SSSR count). The fourth-order valence-corrected chi connectivity index (χ4v) is 2.79. The van der Waals surface area contributed by atoms with Gasteiger partial charge in [0.1, 0.15) is 5.82 Å². The minimum atomic E-state index is -0.560. The Kier molecular flexibility index (Phi) is 1.93. The molecule has 0 radical (unpaired) electrons. The van der Waals surface area contributed by atoms with Crippen molar-refractivity contribution >= 4 is 11.7 Å². The van der Waals surface area contributed by atoms with E-state index in [9.17, 15) is 9.18 Å². The summed E-state index contributed by atoms with van der Waals surface area (Å²) in [6, 6.07) is -0.560. The molecule has 2 aliphatic carbocycles. The highest BCUT2D eigenvalue weighted by Crippen LogP contribution is 2.41. The average Bonchev–Trinajstić information content (AvgIpc) is 2.60. The van der Waals surface area contributed by atoms with Crippen LogP contribution >= 0.6 is 0 Å². The van der Waals surface area contributed by atoms with E-state index in [2.05, 4.69) is 5.32 Å². The maximum absolute atomic E-state index is 14.0. The van der Waals surface area contributed by atoms with Crippen LogP contribution in [0.25, 0.3) is 0 Å². The van der Waals surface area contributed by atoms with E-state index in [-0.39, 0.29) is 5.82 Å². The Morgan fingerprint density at radius 1 is 1.06 bits per heavy atom. The Balaban J connectivity index is 2.20. The summed E-state index contributed by atoms with van der Waals surface area (Å²) in [6.07, 6.45) is 4.21.